The summed E-state index contributed by atoms with van der Waals surface area (Å²) in [6.07, 6.45) is 0. The van der Waals surface area contributed by atoms with Crippen molar-refractivity contribution in [1.29, 1.82) is 0 Å². The molecule has 0 fully saturated rings. The first-order valence-electron chi connectivity index (χ1n) is 7.38. The fraction of sp³-hybridized carbons (Fsp3) is 0.0588. The molecule has 6 nitrogen and oxygen atoms in total. The minimum Gasteiger partial charge on any atom is -0.364 e. The lowest BCUT2D eigenvalue weighted by Crippen LogP contribution is -2.01. The van der Waals surface area contributed by atoms with E-state index in [-0.39, 0.29) is 0 Å². The average Bonchev–Trinajstić information content (AvgIpc) is 3.33. The van der Waals surface area contributed by atoms with Crippen LogP contribution in [0, 0.1) is 0 Å². The Morgan fingerprint density at radius 1 is 0.958 bits per heavy atom. The Hall–Kier alpha value is -3.06. The third-order valence-corrected chi connectivity index (χ3v) is 4.24. The molecular weight excluding hydrogens is 322 g/mol. The van der Waals surface area contributed by atoms with E-state index in [9.17, 15) is 0 Å². The molecule has 0 aliphatic heterocycles. The highest BCUT2D eigenvalue weighted by atomic mass is 32.1. The van der Waals surface area contributed by atoms with Gasteiger partial charge in [-0.05, 0) is 23.6 Å². The summed E-state index contributed by atoms with van der Waals surface area (Å²) in [6, 6.07) is 17.4. The van der Waals surface area contributed by atoms with Crippen molar-refractivity contribution in [1.82, 2.24) is 20.3 Å². The molecule has 0 aliphatic rings. The number of hydrogen-bond acceptors (Lipinski definition) is 7. The summed E-state index contributed by atoms with van der Waals surface area (Å²) >= 11 is 1.70. The van der Waals surface area contributed by atoms with Gasteiger partial charge < -0.3 is 9.84 Å². The van der Waals surface area contributed by atoms with E-state index in [1.165, 1.54) is 4.88 Å². The fourth-order valence-corrected chi connectivity index (χ4v) is 2.81. The van der Waals surface area contributed by atoms with E-state index in [1.807, 2.05) is 53.9 Å². The van der Waals surface area contributed by atoms with Crippen molar-refractivity contribution in [2.24, 2.45) is 0 Å². The number of thiophene rings is 1. The number of hydrogen-bond donors (Lipinski definition) is 1. The van der Waals surface area contributed by atoms with Gasteiger partial charge in [-0.2, -0.15) is 4.98 Å². The van der Waals surface area contributed by atoms with Crippen LogP contribution in [-0.4, -0.2) is 20.3 Å². The fourth-order valence-electron chi connectivity index (χ4n) is 2.16. The van der Waals surface area contributed by atoms with E-state index < -0.39 is 0 Å². The van der Waals surface area contributed by atoms with E-state index in [2.05, 4.69) is 31.7 Å². The normalized spacial score (nSPS) is 10.7. The van der Waals surface area contributed by atoms with Gasteiger partial charge >= 0.3 is 0 Å². The number of rotatable bonds is 5. The highest BCUT2D eigenvalue weighted by molar-refractivity contribution is 7.09. The third-order valence-electron chi connectivity index (χ3n) is 3.37. The maximum atomic E-state index is 5.28. The molecule has 3 heterocycles. The van der Waals surface area contributed by atoms with Crippen LogP contribution in [0.5, 0.6) is 0 Å². The van der Waals surface area contributed by atoms with Crippen LogP contribution in [0.4, 0.5) is 5.82 Å². The molecule has 0 atom stereocenters. The Labute approximate surface area is 142 Å². The average molecular weight is 335 g/mol. The summed E-state index contributed by atoms with van der Waals surface area (Å²) in [5.41, 5.74) is 1.45. The molecule has 1 aromatic carbocycles. The van der Waals surface area contributed by atoms with Crippen molar-refractivity contribution in [3.63, 3.8) is 0 Å². The Morgan fingerprint density at radius 2 is 1.88 bits per heavy atom. The molecule has 0 bridgehead atoms. The molecule has 0 radical (unpaired) electrons. The molecular formula is C17H13N5OS. The molecule has 0 amide bonds. The molecule has 24 heavy (non-hydrogen) atoms. The predicted molar refractivity (Wildman–Crippen MR) is 92.4 cm³/mol. The van der Waals surface area contributed by atoms with Gasteiger partial charge in [0.25, 0.3) is 5.89 Å². The second-order valence-corrected chi connectivity index (χ2v) is 6.06. The maximum Gasteiger partial charge on any atom is 0.278 e. The molecule has 0 saturated heterocycles. The third kappa shape index (κ3) is 3.16. The van der Waals surface area contributed by atoms with Crippen LogP contribution in [0.2, 0.25) is 0 Å². The smallest absolute Gasteiger partial charge is 0.278 e. The molecule has 4 aromatic rings. The van der Waals surface area contributed by atoms with Gasteiger partial charge in [-0.3, -0.25) is 0 Å². The molecule has 7 heteroatoms. The summed E-state index contributed by atoms with van der Waals surface area (Å²) in [4.78, 5) is 5.61. The van der Waals surface area contributed by atoms with Crippen molar-refractivity contribution in [3.8, 4) is 23.0 Å². The van der Waals surface area contributed by atoms with Crippen LogP contribution in [-0.2, 0) is 6.54 Å². The molecule has 118 valence electrons. The first-order valence-corrected chi connectivity index (χ1v) is 8.26. The van der Waals surface area contributed by atoms with Gasteiger partial charge in [0, 0.05) is 10.4 Å². The minimum atomic E-state index is 0.353. The van der Waals surface area contributed by atoms with Crippen LogP contribution in [0.15, 0.2) is 64.5 Å². The molecule has 0 spiro atoms. The zero-order valence-corrected chi connectivity index (χ0v) is 13.4. The van der Waals surface area contributed by atoms with Crippen molar-refractivity contribution < 1.29 is 4.52 Å². The van der Waals surface area contributed by atoms with Crippen molar-refractivity contribution in [2.45, 2.75) is 6.54 Å². The number of nitrogens with zero attached hydrogens (tertiary/aromatic N) is 4. The molecule has 1 N–H and O–H groups in total. The summed E-state index contributed by atoms with van der Waals surface area (Å²) in [6.45, 7) is 0.727. The second-order valence-electron chi connectivity index (χ2n) is 5.03. The van der Waals surface area contributed by atoms with E-state index in [0.717, 1.165) is 12.1 Å². The zero-order valence-electron chi connectivity index (χ0n) is 12.6. The maximum absolute atomic E-state index is 5.28. The monoisotopic (exact) mass is 335 g/mol. The lowest BCUT2D eigenvalue weighted by Gasteiger charge is -2.02. The minimum absolute atomic E-state index is 0.353. The van der Waals surface area contributed by atoms with Gasteiger partial charge in [0.15, 0.2) is 5.69 Å². The van der Waals surface area contributed by atoms with Crippen molar-refractivity contribution >= 4 is 17.2 Å². The summed E-state index contributed by atoms with van der Waals surface area (Å²) in [7, 11) is 0. The Bertz CT molecular complexity index is 904. The SMILES string of the molecule is c1ccc(-c2noc(-c3ccc(NCc4cccs4)nn3)n2)cc1. The molecule has 4 rings (SSSR count). The largest absolute Gasteiger partial charge is 0.364 e. The number of anilines is 1. The first-order chi connectivity index (χ1) is 11.9. The molecule has 0 saturated carbocycles. The Kier molecular flexibility index (Phi) is 3.99. The molecule has 0 unspecified atom stereocenters. The lowest BCUT2D eigenvalue weighted by molar-refractivity contribution is 0.430. The Morgan fingerprint density at radius 3 is 2.62 bits per heavy atom. The highest BCUT2D eigenvalue weighted by Crippen LogP contribution is 2.20. The van der Waals surface area contributed by atoms with Gasteiger partial charge in [0.05, 0.1) is 6.54 Å². The quantitative estimate of drug-likeness (QED) is 0.596. The van der Waals surface area contributed by atoms with E-state index >= 15 is 0 Å². The lowest BCUT2D eigenvalue weighted by atomic mass is 10.2. The van der Waals surface area contributed by atoms with Gasteiger partial charge in [-0.25, -0.2) is 0 Å². The number of benzene rings is 1. The van der Waals surface area contributed by atoms with Crippen LogP contribution >= 0.6 is 11.3 Å². The van der Waals surface area contributed by atoms with E-state index in [0.29, 0.717) is 23.2 Å². The Balaban J connectivity index is 1.48. The van der Waals surface area contributed by atoms with Gasteiger partial charge in [0.2, 0.25) is 5.82 Å². The van der Waals surface area contributed by atoms with Crippen LogP contribution < -0.4 is 5.32 Å². The number of aromatic nitrogens is 4. The summed E-state index contributed by atoms with van der Waals surface area (Å²) in [5.74, 6) is 1.59. The van der Waals surface area contributed by atoms with E-state index in [1.54, 1.807) is 11.3 Å². The van der Waals surface area contributed by atoms with Crippen molar-refractivity contribution in [2.75, 3.05) is 5.32 Å². The van der Waals surface area contributed by atoms with Gasteiger partial charge in [-0.15, -0.1) is 21.5 Å². The summed E-state index contributed by atoms with van der Waals surface area (Å²) < 4.78 is 5.28. The highest BCUT2D eigenvalue weighted by Gasteiger charge is 2.12. The molecule has 0 aliphatic carbocycles. The van der Waals surface area contributed by atoms with Crippen LogP contribution in [0.3, 0.4) is 0 Å². The van der Waals surface area contributed by atoms with Gasteiger partial charge in [-0.1, -0.05) is 41.6 Å². The first kappa shape index (κ1) is 14.5. The molecule has 3 aromatic heterocycles. The summed E-state index contributed by atoms with van der Waals surface area (Å²) in [5, 5.41) is 17.6. The van der Waals surface area contributed by atoms with Gasteiger partial charge in [0.1, 0.15) is 5.82 Å². The zero-order chi connectivity index (χ0) is 16.2. The van der Waals surface area contributed by atoms with Crippen LogP contribution in [0.25, 0.3) is 23.0 Å². The van der Waals surface area contributed by atoms with E-state index in [4.69, 9.17) is 4.52 Å². The van der Waals surface area contributed by atoms with Crippen molar-refractivity contribution in [3.05, 3.63) is 64.9 Å². The topological polar surface area (TPSA) is 76.7 Å². The number of nitrogens with one attached hydrogen (secondary N) is 1. The van der Waals surface area contributed by atoms with Crippen LogP contribution in [0.1, 0.15) is 4.88 Å². The second kappa shape index (κ2) is 6.59. The standard InChI is InChI=1S/C17H13N5OS/c1-2-5-12(6-3-1)16-19-17(23-22-16)14-8-9-15(21-20-14)18-11-13-7-4-10-24-13/h1-10H,11H2,(H,18,21). The predicted octanol–water partition coefficient (Wildman–Crippen LogP) is 3.87.